The van der Waals surface area contributed by atoms with Gasteiger partial charge in [0, 0.05) is 10.9 Å². The van der Waals surface area contributed by atoms with Crippen molar-refractivity contribution in [1.29, 1.82) is 0 Å². The molecule has 4 nitrogen and oxygen atoms in total. The Morgan fingerprint density at radius 2 is 2.33 bits per heavy atom. The van der Waals surface area contributed by atoms with Crippen LogP contribution >= 0.6 is 15.9 Å². The summed E-state index contributed by atoms with van der Waals surface area (Å²) in [6.45, 7) is 0. The third-order valence-corrected chi connectivity index (χ3v) is 2.33. The quantitative estimate of drug-likeness (QED) is 0.800. The summed E-state index contributed by atoms with van der Waals surface area (Å²) in [5.74, 6) is 0.523. The largest absolute Gasteiger partial charge is 0.331 e. The van der Waals surface area contributed by atoms with Crippen molar-refractivity contribution < 1.29 is 9.32 Å². The Morgan fingerprint density at radius 1 is 1.47 bits per heavy atom. The first-order valence-electron chi connectivity index (χ1n) is 4.30. The molecule has 1 aromatic heterocycles. The molecule has 0 saturated carbocycles. The van der Waals surface area contributed by atoms with Crippen molar-refractivity contribution in [1.82, 2.24) is 10.1 Å². The van der Waals surface area contributed by atoms with Crippen molar-refractivity contribution in [3.63, 3.8) is 0 Å². The normalized spacial score (nSPS) is 10.2. The summed E-state index contributed by atoms with van der Waals surface area (Å²) >= 11 is 3.37. The molecule has 2 rings (SSSR count). The number of nitrogens with zero attached hydrogens (tertiary/aromatic N) is 2. The molecular weight excluding hydrogens is 260 g/mol. The summed E-state index contributed by atoms with van der Waals surface area (Å²) in [4.78, 5) is 14.2. The summed E-state index contributed by atoms with van der Waals surface area (Å²) in [5, 5.41) is 3.68. The topological polar surface area (TPSA) is 56.0 Å². The lowest BCUT2D eigenvalue weighted by Crippen LogP contribution is -1.91. The van der Waals surface area contributed by atoms with Crippen LogP contribution in [0, 0.1) is 0 Å². The third kappa shape index (κ3) is 2.50. The summed E-state index contributed by atoms with van der Waals surface area (Å²) in [5.41, 5.74) is 1.06. The highest BCUT2D eigenvalue weighted by molar-refractivity contribution is 9.10. The van der Waals surface area contributed by atoms with Crippen LogP contribution in [0.15, 0.2) is 33.3 Å². The van der Waals surface area contributed by atoms with Crippen molar-refractivity contribution in [2.45, 2.75) is 6.42 Å². The molecule has 0 fully saturated rings. The maximum Gasteiger partial charge on any atom is 0.290 e. The summed E-state index contributed by atoms with van der Waals surface area (Å²) in [6, 6.07) is 7.80. The number of hydrogen-bond acceptors (Lipinski definition) is 4. The molecule has 0 amide bonds. The highest BCUT2D eigenvalue weighted by atomic mass is 79.9. The molecular formula is C10H7BrN2O2. The smallest absolute Gasteiger partial charge is 0.290 e. The number of hydrogen-bond donors (Lipinski definition) is 0. The van der Waals surface area contributed by atoms with Crippen LogP contribution in [0.4, 0.5) is 0 Å². The van der Waals surface area contributed by atoms with Crippen molar-refractivity contribution in [2.24, 2.45) is 0 Å². The lowest BCUT2D eigenvalue weighted by atomic mass is 10.1. The van der Waals surface area contributed by atoms with E-state index in [2.05, 4.69) is 30.6 Å². The zero-order chi connectivity index (χ0) is 10.7. The number of benzene rings is 1. The van der Waals surface area contributed by atoms with E-state index in [1.165, 1.54) is 0 Å². The average molecular weight is 267 g/mol. The summed E-state index contributed by atoms with van der Waals surface area (Å²) < 4.78 is 5.67. The number of aromatic nitrogens is 2. The molecule has 0 N–H and O–H groups in total. The van der Waals surface area contributed by atoms with Crippen LogP contribution in [0.3, 0.4) is 0 Å². The third-order valence-electron chi connectivity index (χ3n) is 1.84. The molecule has 76 valence electrons. The van der Waals surface area contributed by atoms with Crippen LogP contribution in [0.5, 0.6) is 0 Å². The molecule has 2 aromatic rings. The van der Waals surface area contributed by atoms with Crippen LogP contribution < -0.4 is 0 Å². The molecule has 1 heterocycles. The van der Waals surface area contributed by atoms with Gasteiger partial charge in [-0.25, -0.2) is 0 Å². The van der Waals surface area contributed by atoms with E-state index in [1.54, 1.807) is 0 Å². The molecule has 5 heteroatoms. The van der Waals surface area contributed by atoms with E-state index in [1.807, 2.05) is 24.3 Å². The molecule has 0 aliphatic carbocycles. The SMILES string of the molecule is O=Cc1nc(Cc2cccc(Br)c2)no1. The maximum atomic E-state index is 10.3. The standard InChI is InChI=1S/C10H7BrN2O2/c11-8-3-1-2-7(4-8)5-9-12-10(6-14)15-13-9/h1-4,6H,5H2. The molecule has 0 unspecified atom stereocenters. The second kappa shape index (κ2) is 4.35. The fourth-order valence-electron chi connectivity index (χ4n) is 1.22. The highest BCUT2D eigenvalue weighted by Crippen LogP contribution is 2.13. The lowest BCUT2D eigenvalue weighted by molar-refractivity contribution is 0.108. The van der Waals surface area contributed by atoms with Gasteiger partial charge < -0.3 is 4.52 Å². The van der Waals surface area contributed by atoms with Crippen molar-refractivity contribution >= 4 is 22.2 Å². The minimum atomic E-state index is 0.0139. The molecule has 0 spiro atoms. The van der Waals surface area contributed by atoms with E-state index in [0.29, 0.717) is 18.5 Å². The Bertz CT molecular complexity index is 482. The fraction of sp³-hybridized carbons (Fsp3) is 0.100. The van der Waals surface area contributed by atoms with Gasteiger partial charge in [-0.1, -0.05) is 33.2 Å². The zero-order valence-corrected chi connectivity index (χ0v) is 9.27. The highest BCUT2D eigenvalue weighted by Gasteiger charge is 2.05. The van der Waals surface area contributed by atoms with Gasteiger partial charge in [0.25, 0.3) is 5.89 Å². The minimum Gasteiger partial charge on any atom is -0.331 e. The lowest BCUT2D eigenvalue weighted by Gasteiger charge is -1.96. The second-order valence-electron chi connectivity index (χ2n) is 2.97. The first-order valence-corrected chi connectivity index (χ1v) is 5.09. The fourth-order valence-corrected chi connectivity index (χ4v) is 1.66. The van der Waals surface area contributed by atoms with E-state index < -0.39 is 0 Å². The Kier molecular flexibility index (Phi) is 2.91. The first kappa shape index (κ1) is 10.0. The van der Waals surface area contributed by atoms with Crippen LogP contribution in [0.1, 0.15) is 22.1 Å². The number of rotatable bonds is 3. The van der Waals surface area contributed by atoms with E-state index in [9.17, 15) is 4.79 Å². The molecule has 15 heavy (non-hydrogen) atoms. The van der Waals surface area contributed by atoms with Crippen LogP contribution in [-0.4, -0.2) is 16.4 Å². The number of aldehydes is 1. The van der Waals surface area contributed by atoms with Crippen LogP contribution in [0.2, 0.25) is 0 Å². The van der Waals surface area contributed by atoms with Gasteiger partial charge in [-0.05, 0) is 17.7 Å². The molecule has 1 aromatic carbocycles. The first-order chi connectivity index (χ1) is 7.28. The second-order valence-corrected chi connectivity index (χ2v) is 3.89. The Labute approximate surface area is 94.4 Å². The van der Waals surface area contributed by atoms with Gasteiger partial charge >= 0.3 is 0 Å². The Balaban J connectivity index is 2.18. The number of halogens is 1. The van der Waals surface area contributed by atoms with Crippen LogP contribution in [0.25, 0.3) is 0 Å². The van der Waals surface area contributed by atoms with E-state index in [-0.39, 0.29) is 5.89 Å². The van der Waals surface area contributed by atoms with E-state index >= 15 is 0 Å². The summed E-state index contributed by atoms with van der Waals surface area (Å²) in [6.07, 6.45) is 1.09. The molecule has 0 saturated heterocycles. The van der Waals surface area contributed by atoms with E-state index in [4.69, 9.17) is 0 Å². The van der Waals surface area contributed by atoms with Gasteiger partial charge in [0.1, 0.15) is 0 Å². The zero-order valence-electron chi connectivity index (χ0n) is 7.68. The van der Waals surface area contributed by atoms with Gasteiger partial charge in [-0.15, -0.1) is 0 Å². The van der Waals surface area contributed by atoms with Crippen molar-refractivity contribution in [2.75, 3.05) is 0 Å². The van der Waals surface area contributed by atoms with Gasteiger partial charge in [-0.3, -0.25) is 4.79 Å². The maximum absolute atomic E-state index is 10.3. The van der Waals surface area contributed by atoms with Crippen molar-refractivity contribution in [3.8, 4) is 0 Å². The molecule has 0 radical (unpaired) electrons. The molecule has 0 bridgehead atoms. The summed E-state index contributed by atoms with van der Waals surface area (Å²) in [7, 11) is 0. The van der Waals surface area contributed by atoms with Gasteiger partial charge in [-0.2, -0.15) is 4.98 Å². The molecule has 0 aliphatic rings. The van der Waals surface area contributed by atoms with Gasteiger partial charge in [0.15, 0.2) is 5.82 Å². The molecule has 0 aliphatic heterocycles. The van der Waals surface area contributed by atoms with Gasteiger partial charge in [0.2, 0.25) is 6.29 Å². The van der Waals surface area contributed by atoms with Crippen LogP contribution in [-0.2, 0) is 6.42 Å². The Morgan fingerprint density at radius 3 is 3.00 bits per heavy atom. The van der Waals surface area contributed by atoms with Gasteiger partial charge in [0.05, 0.1) is 0 Å². The monoisotopic (exact) mass is 266 g/mol. The minimum absolute atomic E-state index is 0.0139. The van der Waals surface area contributed by atoms with E-state index in [0.717, 1.165) is 10.0 Å². The average Bonchev–Trinajstić information content (AvgIpc) is 2.65. The number of carbonyl (C=O) groups excluding carboxylic acids is 1. The predicted octanol–water partition coefficient (Wildman–Crippen LogP) is 2.24. The molecule has 0 atom stereocenters. The number of carbonyl (C=O) groups is 1. The predicted molar refractivity (Wildman–Crippen MR) is 56.6 cm³/mol. The van der Waals surface area contributed by atoms with Crippen molar-refractivity contribution in [3.05, 3.63) is 46.0 Å². The Hall–Kier alpha value is -1.49.